The van der Waals surface area contributed by atoms with Crippen LogP contribution in [0.3, 0.4) is 0 Å². The summed E-state index contributed by atoms with van der Waals surface area (Å²) in [6.45, 7) is 10.5. The second kappa shape index (κ2) is 10.8. The van der Waals surface area contributed by atoms with Gasteiger partial charge >= 0.3 is 0 Å². The van der Waals surface area contributed by atoms with Gasteiger partial charge in [0.1, 0.15) is 5.83 Å². The van der Waals surface area contributed by atoms with Gasteiger partial charge in [-0.15, -0.1) is 0 Å². The lowest BCUT2D eigenvalue weighted by Crippen LogP contribution is -2.33. The number of piperidine rings is 1. The Labute approximate surface area is 178 Å². The number of aromatic nitrogens is 3. The van der Waals surface area contributed by atoms with Gasteiger partial charge in [0, 0.05) is 26.1 Å². The van der Waals surface area contributed by atoms with Crippen molar-refractivity contribution in [1.82, 2.24) is 20.3 Å². The molecule has 0 saturated carbocycles. The van der Waals surface area contributed by atoms with Crippen molar-refractivity contribution in [2.24, 2.45) is 0 Å². The van der Waals surface area contributed by atoms with Crippen LogP contribution in [0.15, 0.2) is 77.8 Å². The summed E-state index contributed by atoms with van der Waals surface area (Å²) in [5.74, 6) is -0.420. The van der Waals surface area contributed by atoms with Gasteiger partial charge in [0.15, 0.2) is 0 Å². The molecule has 2 aromatic rings. The number of rotatable bonds is 8. The summed E-state index contributed by atoms with van der Waals surface area (Å²) in [5.41, 5.74) is 7.41. The zero-order valence-corrected chi connectivity index (χ0v) is 18.0. The zero-order valence-electron chi connectivity index (χ0n) is 18.0. The number of nitrogens with zero attached hydrogens (tertiary/aromatic N) is 3. The number of likely N-dealkylation sites (tertiary alicyclic amines) is 1. The van der Waals surface area contributed by atoms with Crippen LogP contribution in [-0.4, -0.2) is 39.9 Å². The third-order valence-electron chi connectivity index (χ3n) is 5.64. The summed E-state index contributed by atoms with van der Waals surface area (Å²) >= 11 is 0. The van der Waals surface area contributed by atoms with Gasteiger partial charge in [0.05, 0.1) is 11.9 Å². The molecule has 158 valence electrons. The first-order valence-corrected chi connectivity index (χ1v) is 10.6. The van der Waals surface area contributed by atoms with E-state index in [0.717, 1.165) is 56.6 Å². The van der Waals surface area contributed by atoms with Crippen LogP contribution in [0.2, 0.25) is 0 Å². The molecule has 30 heavy (non-hydrogen) atoms. The van der Waals surface area contributed by atoms with E-state index in [0.29, 0.717) is 0 Å². The molecule has 0 bridgehead atoms. The van der Waals surface area contributed by atoms with Gasteiger partial charge in [0.25, 0.3) is 0 Å². The molecule has 1 aromatic carbocycles. The standard InChI is InChI=1S/C25H31FN4/c1-4-22(10-7-20(3)26)25(17-21-8-5-19(2)6-9-21)23-11-14-30(15-12-23)16-13-24-18-27-29-28-24/h4-10,18H,3,11-17H2,1-2H3,(H,27,28,29)/b10-7-,22-4+. The van der Waals surface area contributed by atoms with Gasteiger partial charge in [-0.1, -0.05) is 54.1 Å². The Kier molecular flexibility index (Phi) is 7.91. The molecule has 0 radical (unpaired) electrons. The lowest BCUT2D eigenvalue weighted by atomic mass is 9.88. The normalized spacial score (nSPS) is 15.7. The number of hydrogen-bond acceptors (Lipinski definition) is 3. The Morgan fingerprint density at radius 2 is 1.93 bits per heavy atom. The van der Waals surface area contributed by atoms with Crippen LogP contribution < -0.4 is 0 Å². The number of allylic oxidation sites excluding steroid dienone is 6. The summed E-state index contributed by atoms with van der Waals surface area (Å²) in [7, 11) is 0. The summed E-state index contributed by atoms with van der Waals surface area (Å²) in [5, 5.41) is 10.7. The molecule has 1 fully saturated rings. The van der Waals surface area contributed by atoms with Crippen molar-refractivity contribution in [2.75, 3.05) is 19.6 Å². The topological polar surface area (TPSA) is 44.8 Å². The molecule has 1 saturated heterocycles. The van der Waals surface area contributed by atoms with E-state index >= 15 is 0 Å². The Bertz CT molecular complexity index is 911. The minimum Gasteiger partial charge on any atom is -0.302 e. The predicted molar refractivity (Wildman–Crippen MR) is 121 cm³/mol. The molecule has 0 spiro atoms. The highest BCUT2D eigenvalue weighted by Crippen LogP contribution is 2.29. The highest BCUT2D eigenvalue weighted by molar-refractivity contribution is 5.47. The zero-order chi connectivity index (χ0) is 21.3. The van der Waals surface area contributed by atoms with Gasteiger partial charge < -0.3 is 4.90 Å². The van der Waals surface area contributed by atoms with E-state index in [4.69, 9.17) is 0 Å². The quantitative estimate of drug-likeness (QED) is 0.607. The monoisotopic (exact) mass is 406 g/mol. The molecule has 0 unspecified atom stereocenters. The van der Waals surface area contributed by atoms with Crippen LogP contribution in [0, 0.1) is 6.92 Å². The average molecular weight is 407 g/mol. The van der Waals surface area contributed by atoms with E-state index in [1.165, 1.54) is 28.3 Å². The van der Waals surface area contributed by atoms with Gasteiger partial charge in [-0.3, -0.25) is 0 Å². The van der Waals surface area contributed by atoms with Crippen LogP contribution in [-0.2, 0) is 12.8 Å². The SMILES string of the molecule is C=C(F)/C=C\C(=C/C)C(Cc1ccc(C)cc1)=C1CCN(CCc2cn[nH]n2)CC1. The van der Waals surface area contributed by atoms with E-state index in [1.807, 2.05) is 13.0 Å². The summed E-state index contributed by atoms with van der Waals surface area (Å²) in [4.78, 5) is 2.48. The Morgan fingerprint density at radius 1 is 1.20 bits per heavy atom. The third-order valence-corrected chi connectivity index (χ3v) is 5.64. The van der Waals surface area contributed by atoms with Gasteiger partial charge in [-0.2, -0.15) is 15.4 Å². The first-order valence-electron chi connectivity index (χ1n) is 10.6. The molecule has 4 nitrogen and oxygen atoms in total. The summed E-state index contributed by atoms with van der Waals surface area (Å²) in [6, 6.07) is 8.68. The van der Waals surface area contributed by atoms with Crippen LogP contribution in [0.25, 0.3) is 0 Å². The van der Waals surface area contributed by atoms with E-state index in [2.05, 4.69) is 64.2 Å². The lowest BCUT2D eigenvalue weighted by molar-refractivity contribution is 0.258. The molecular formula is C25H31FN4. The maximum Gasteiger partial charge on any atom is 0.116 e. The second-order valence-corrected chi connectivity index (χ2v) is 7.82. The van der Waals surface area contributed by atoms with Crippen molar-refractivity contribution < 1.29 is 4.39 Å². The highest BCUT2D eigenvalue weighted by atomic mass is 19.1. The van der Waals surface area contributed by atoms with E-state index in [9.17, 15) is 4.39 Å². The minimum absolute atomic E-state index is 0.420. The molecule has 3 rings (SSSR count). The molecule has 0 aliphatic carbocycles. The average Bonchev–Trinajstić information content (AvgIpc) is 3.27. The van der Waals surface area contributed by atoms with E-state index in [1.54, 1.807) is 6.20 Å². The van der Waals surface area contributed by atoms with Crippen molar-refractivity contribution in [1.29, 1.82) is 0 Å². The molecule has 1 aliphatic rings. The number of halogens is 1. The predicted octanol–water partition coefficient (Wildman–Crippen LogP) is 5.28. The Balaban J connectivity index is 1.75. The molecular weight excluding hydrogens is 375 g/mol. The van der Waals surface area contributed by atoms with Crippen molar-refractivity contribution in [2.45, 2.75) is 39.5 Å². The molecule has 2 heterocycles. The fourth-order valence-corrected chi connectivity index (χ4v) is 3.86. The molecule has 0 atom stereocenters. The first kappa shape index (κ1) is 21.9. The molecule has 0 amide bonds. The molecule has 5 heteroatoms. The Hall–Kier alpha value is -2.79. The maximum atomic E-state index is 13.3. The minimum atomic E-state index is -0.420. The van der Waals surface area contributed by atoms with E-state index in [-0.39, 0.29) is 0 Å². The molecule has 1 aliphatic heterocycles. The number of aryl methyl sites for hydroxylation is 1. The number of hydrogen-bond donors (Lipinski definition) is 1. The Morgan fingerprint density at radius 3 is 2.53 bits per heavy atom. The van der Waals surface area contributed by atoms with Crippen LogP contribution in [0.5, 0.6) is 0 Å². The number of benzene rings is 1. The highest BCUT2D eigenvalue weighted by Gasteiger charge is 2.18. The third kappa shape index (κ3) is 6.36. The van der Waals surface area contributed by atoms with Gasteiger partial charge in [-0.05, 0) is 55.9 Å². The number of aromatic amines is 1. The van der Waals surface area contributed by atoms with E-state index < -0.39 is 5.83 Å². The van der Waals surface area contributed by atoms with Crippen molar-refractivity contribution in [3.8, 4) is 0 Å². The van der Waals surface area contributed by atoms with Crippen molar-refractivity contribution >= 4 is 0 Å². The van der Waals surface area contributed by atoms with Gasteiger partial charge in [-0.25, -0.2) is 4.39 Å². The largest absolute Gasteiger partial charge is 0.302 e. The lowest BCUT2D eigenvalue weighted by Gasteiger charge is -2.30. The van der Waals surface area contributed by atoms with Crippen molar-refractivity contribution in [3.63, 3.8) is 0 Å². The smallest absolute Gasteiger partial charge is 0.116 e. The van der Waals surface area contributed by atoms with Crippen LogP contribution in [0.4, 0.5) is 4.39 Å². The fraction of sp³-hybridized carbons (Fsp3) is 0.360. The van der Waals surface area contributed by atoms with Crippen LogP contribution >= 0.6 is 0 Å². The number of H-pyrrole nitrogens is 1. The van der Waals surface area contributed by atoms with Gasteiger partial charge in [0.2, 0.25) is 0 Å². The maximum absolute atomic E-state index is 13.3. The number of nitrogens with one attached hydrogen (secondary N) is 1. The first-order chi connectivity index (χ1) is 14.5. The second-order valence-electron chi connectivity index (χ2n) is 7.82. The molecule has 1 aromatic heterocycles. The molecule has 1 N–H and O–H groups in total. The van der Waals surface area contributed by atoms with Crippen LogP contribution in [0.1, 0.15) is 36.6 Å². The summed E-state index contributed by atoms with van der Waals surface area (Å²) in [6.07, 6.45) is 11.0. The van der Waals surface area contributed by atoms with Crippen molar-refractivity contribution in [3.05, 3.63) is 94.6 Å². The summed E-state index contributed by atoms with van der Waals surface area (Å²) < 4.78 is 13.3. The fourth-order valence-electron chi connectivity index (χ4n) is 3.86.